The van der Waals surface area contributed by atoms with Gasteiger partial charge in [0.2, 0.25) is 5.91 Å². The number of hydrogen-bond donors (Lipinski definition) is 2. The molecule has 5 nitrogen and oxygen atoms in total. The Labute approximate surface area is 114 Å². The monoisotopic (exact) mass is 277 g/mol. The van der Waals surface area contributed by atoms with E-state index < -0.39 is 0 Å². The quantitative estimate of drug-likeness (QED) is 0.898. The van der Waals surface area contributed by atoms with E-state index >= 15 is 0 Å². The lowest BCUT2D eigenvalue weighted by Crippen LogP contribution is -2.26. The lowest BCUT2D eigenvalue weighted by molar-refractivity contribution is -0.117. The van der Waals surface area contributed by atoms with Crippen LogP contribution >= 0.6 is 11.3 Å². The number of carbonyl (C=O) groups is 1. The largest absolute Gasteiger partial charge is 0.396 e. The van der Waals surface area contributed by atoms with Crippen LogP contribution in [0.1, 0.15) is 12.0 Å². The third-order valence-corrected chi connectivity index (χ3v) is 4.36. The molecule has 0 aliphatic carbocycles. The van der Waals surface area contributed by atoms with Gasteiger partial charge in [-0.1, -0.05) is 6.07 Å². The summed E-state index contributed by atoms with van der Waals surface area (Å²) in [6.07, 6.45) is 0.400. The van der Waals surface area contributed by atoms with Gasteiger partial charge in [-0.15, -0.1) is 11.3 Å². The average Bonchev–Trinajstić information content (AvgIpc) is 3.09. The van der Waals surface area contributed by atoms with Crippen LogP contribution in [-0.2, 0) is 4.79 Å². The molecule has 100 valence electrons. The number of aromatic amines is 1. The summed E-state index contributed by atoms with van der Waals surface area (Å²) in [4.78, 5) is 14.7. The number of amides is 1. The van der Waals surface area contributed by atoms with Gasteiger partial charge in [-0.25, -0.2) is 0 Å². The Morgan fingerprint density at radius 1 is 1.63 bits per heavy atom. The molecule has 1 aliphatic rings. The molecule has 1 aliphatic heterocycles. The van der Waals surface area contributed by atoms with Crippen molar-refractivity contribution in [3.05, 3.63) is 23.1 Å². The second-order valence-electron chi connectivity index (χ2n) is 4.78. The highest BCUT2D eigenvalue weighted by molar-refractivity contribution is 7.13. The lowest BCUT2D eigenvalue weighted by atomic mass is 10.1. The summed E-state index contributed by atoms with van der Waals surface area (Å²) < 4.78 is 0. The molecule has 2 N–H and O–H groups in total. The van der Waals surface area contributed by atoms with E-state index in [1.165, 1.54) is 0 Å². The van der Waals surface area contributed by atoms with Crippen molar-refractivity contribution in [3.8, 4) is 10.6 Å². The Balaban J connectivity index is 1.93. The van der Waals surface area contributed by atoms with E-state index in [2.05, 4.69) is 10.2 Å². The summed E-state index contributed by atoms with van der Waals surface area (Å²) in [5, 5.41) is 18.5. The van der Waals surface area contributed by atoms with Gasteiger partial charge in [-0.2, -0.15) is 5.10 Å². The number of nitrogens with one attached hydrogen (secondary N) is 1. The molecule has 0 bridgehead atoms. The number of H-pyrrole nitrogens is 1. The molecule has 0 aromatic carbocycles. The Morgan fingerprint density at radius 3 is 3.11 bits per heavy atom. The minimum absolute atomic E-state index is 0.0220. The van der Waals surface area contributed by atoms with Gasteiger partial charge in [-0.3, -0.25) is 14.8 Å². The van der Waals surface area contributed by atoms with Crippen molar-refractivity contribution >= 4 is 23.1 Å². The molecule has 1 saturated heterocycles. The molecule has 0 radical (unpaired) electrons. The SMILES string of the molecule is Cc1c(N2CC(CO)CC2=O)n[nH]c1-c1cccs1. The smallest absolute Gasteiger partial charge is 0.228 e. The van der Waals surface area contributed by atoms with Crippen molar-refractivity contribution in [2.24, 2.45) is 5.92 Å². The number of rotatable bonds is 3. The van der Waals surface area contributed by atoms with Gasteiger partial charge in [0.15, 0.2) is 5.82 Å². The molecule has 2 aromatic heterocycles. The minimum Gasteiger partial charge on any atom is -0.396 e. The first-order valence-corrected chi connectivity index (χ1v) is 7.08. The highest BCUT2D eigenvalue weighted by Gasteiger charge is 2.32. The molecule has 19 heavy (non-hydrogen) atoms. The highest BCUT2D eigenvalue weighted by atomic mass is 32.1. The minimum atomic E-state index is 0.0220. The maximum atomic E-state index is 12.0. The molecular weight excluding hydrogens is 262 g/mol. The zero-order chi connectivity index (χ0) is 13.4. The number of nitrogens with zero attached hydrogens (tertiary/aromatic N) is 2. The Morgan fingerprint density at radius 2 is 2.47 bits per heavy atom. The van der Waals surface area contributed by atoms with Crippen LogP contribution in [0.4, 0.5) is 5.82 Å². The summed E-state index contributed by atoms with van der Waals surface area (Å²) in [7, 11) is 0. The van der Waals surface area contributed by atoms with Crippen LogP contribution in [0, 0.1) is 12.8 Å². The van der Waals surface area contributed by atoms with Crippen LogP contribution in [0.3, 0.4) is 0 Å². The van der Waals surface area contributed by atoms with Crippen molar-refractivity contribution in [3.63, 3.8) is 0 Å². The molecule has 0 saturated carbocycles. The van der Waals surface area contributed by atoms with E-state index in [4.69, 9.17) is 5.11 Å². The molecule has 1 amide bonds. The zero-order valence-corrected chi connectivity index (χ0v) is 11.4. The second kappa shape index (κ2) is 4.79. The number of carbonyl (C=O) groups excluding carboxylic acids is 1. The second-order valence-corrected chi connectivity index (χ2v) is 5.73. The number of aromatic nitrogens is 2. The van der Waals surface area contributed by atoms with Crippen molar-refractivity contribution in [2.45, 2.75) is 13.3 Å². The van der Waals surface area contributed by atoms with Gasteiger partial charge in [0, 0.05) is 31.1 Å². The van der Waals surface area contributed by atoms with Gasteiger partial charge in [0.1, 0.15) is 0 Å². The average molecular weight is 277 g/mol. The molecule has 1 atom stereocenters. The number of aliphatic hydroxyl groups is 1. The fraction of sp³-hybridized carbons (Fsp3) is 0.385. The fourth-order valence-electron chi connectivity index (χ4n) is 2.42. The first kappa shape index (κ1) is 12.4. The number of thiophene rings is 1. The molecular formula is C13H15N3O2S. The van der Waals surface area contributed by atoms with E-state index in [0.29, 0.717) is 18.8 Å². The van der Waals surface area contributed by atoms with E-state index in [0.717, 1.165) is 16.1 Å². The predicted molar refractivity (Wildman–Crippen MR) is 74.2 cm³/mol. The maximum Gasteiger partial charge on any atom is 0.228 e. The number of aliphatic hydroxyl groups excluding tert-OH is 1. The highest BCUT2D eigenvalue weighted by Crippen LogP contribution is 2.33. The van der Waals surface area contributed by atoms with Gasteiger partial charge < -0.3 is 5.11 Å². The molecule has 0 spiro atoms. The summed E-state index contributed by atoms with van der Waals surface area (Å²) >= 11 is 1.64. The van der Waals surface area contributed by atoms with Crippen molar-refractivity contribution < 1.29 is 9.90 Å². The van der Waals surface area contributed by atoms with Crippen molar-refractivity contribution in [1.82, 2.24) is 10.2 Å². The van der Waals surface area contributed by atoms with E-state index in [1.807, 2.05) is 24.4 Å². The summed E-state index contributed by atoms with van der Waals surface area (Å²) in [6.45, 7) is 2.56. The summed E-state index contributed by atoms with van der Waals surface area (Å²) in [5.74, 6) is 0.740. The van der Waals surface area contributed by atoms with Gasteiger partial charge in [0.25, 0.3) is 0 Å². The molecule has 1 fully saturated rings. The fourth-order valence-corrected chi connectivity index (χ4v) is 3.20. The van der Waals surface area contributed by atoms with Gasteiger partial charge in [-0.05, 0) is 18.4 Å². The number of hydrogen-bond acceptors (Lipinski definition) is 4. The van der Waals surface area contributed by atoms with Crippen LogP contribution in [0.5, 0.6) is 0 Å². The predicted octanol–water partition coefficient (Wildman–Crippen LogP) is 1.79. The van der Waals surface area contributed by atoms with Crippen LogP contribution in [0.25, 0.3) is 10.6 Å². The summed E-state index contributed by atoms with van der Waals surface area (Å²) in [6, 6.07) is 4.01. The van der Waals surface area contributed by atoms with E-state index in [9.17, 15) is 4.79 Å². The maximum absolute atomic E-state index is 12.0. The molecule has 3 heterocycles. The van der Waals surface area contributed by atoms with Crippen LogP contribution in [0.2, 0.25) is 0 Å². The third kappa shape index (κ3) is 2.06. The Kier molecular flexibility index (Phi) is 3.12. The van der Waals surface area contributed by atoms with Crippen molar-refractivity contribution in [2.75, 3.05) is 18.1 Å². The van der Waals surface area contributed by atoms with Crippen LogP contribution in [0.15, 0.2) is 17.5 Å². The zero-order valence-electron chi connectivity index (χ0n) is 10.6. The lowest BCUT2D eigenvalue weighted by Gasteiger charge is -2.14. The van der Waals surface area contributed by atoms with Gasteiger partial charge >= 0.3 is 0 Å². The van der Waals surface area contributed by atoms with E-state index in [-0.39, 0.29) is 18.4 Å². The van der Waals surface area contributed by atoms with Gasteiger partial charge in [0.05, 0.1) is 10.6 Å². The molecule has 6 heteroatoms. The normalized spacial score (nSPS) is 19.4. The summed E-state index contributed by atoms with van der Waals surface area (Å²) in [5.41, 5.74) is 1.94. The first-order valence-electron chi connectivity index (χ1n) is 6.20. The number of anilines is 1. The standard InChI is InChI=1S/C13H15N3O2S/c1-8-12(10-3-2-4-19-10)14-15-13(8)16-6-9(7-17)5-11(16)18/h2-4,9,17H,5-7H2,1H3,(H,14,15). The van der Waals surface area contributed by atoms with Crippen molar-refractivity contribution in [1.29, 1.82) is 0 Å². The van der Waals surface area contributed by atoms with Crippen LogP contribution in [-0.4, -0.2) is 34.4 Å². The third-order valence-electron chi connectivity index (χ3n) is 3.47. The first-order chi connectivity index (χ1) is 9.20. The molecule has 2 aromatic rings. The molecule has 1 unspecified atom stereocenters. The molecule has 3 rings (SSSR count). The Bertz CT molecular complexity index is 591. The van der Waals surface area contributed by atoms with Crippen LogP contribution < -0.4 is 4.90 Å². The van der Waals surface area contributed by atoms with E-state index in [1.54, 1.807) is 16.2 Å². The Hall–Kier alpha value is -1.66. The topological polar surface area (TPSA) is 69.2 Å².